The zero-order valence-electron chi connectivity index (χ0n) is 11.3. The van der Waals surface area contributed by atoms with E-state index in [1.165, 1.54) is 18.2 Å². The maximum Gasteiger partial charge on any atom is 0.335 e. The largest absolute Gasteiger partial charge is 0.478 e. The highest BCUT2D eigenvalue weighted by molar-refractivity contribution is 6.31. The fraction of sp³-hybridized carbons (Fsp3) is 0.308. The topological polar surface area (TPSA) is 105 Å². The van der Waals surface area contributed by atoms with Crippen LogP contribution in [-0.2, 0) is 9.53 Å². The van der Waals surface area contributed by atoms with E-state index in [1.54, 1.807) is 6.92 Å². The number of carboxylic acid groups (broad SMARTS) is 1. The van der Waals surface area contributed by atoms with Gasteiger partial charge in [0, 0.05) is 17.3 Å². The van der Waals surface area contributed by atoms with Crippen LogP contribution in [0.15, 0.2) is 18.2 Å². The van der Waals surface area contributed by atoms with E-state index in [0.29, 0.717) is 0 Å². The van der Waals surface area contributed by atoms with Gasteiger partial charge in [0.05, 0.1) is 18.6 Å². The molecule has 0 saturated heterocycles. The van der Waals surface area contributed by atoms with Gasteiger partial charge in [-0.05, 0) is 25.1 Å². The third-order valence-electron chi connectivity index (χ3n) is 2.32. The summed E-state index contributed by atoms with van der Waals surface area (Å²) in [6.07, 6.45) is 0.0528. The van der Waals surface area contributed by atoms with E-state index in [0.717, 1.165) is 0 Å². The number of urea groups is 1. The summed E-state index contributed by atoms with van der Waals surface area (Å²) < 4.78 is 4.71. The third-order valence-corrected chi connectivity index (χ3v) is 2.54. The van der Waals surface area contributed by atoms with Crippen LogP contribution >= 0.6 is 11.6 Å². The number of aromatic carboxylic acids is 1. The van der Waals surface area contributed by atoms with Gasteiger partial charge in [0.2, 0.25) is 0 Å². The highest BCUT2D eigenvalue weighted by atomic mass is 35.5. The molecular formula is C13H15ClN2O5. The van der Waals surface area contributed by atoms with Crippen LogP contribution in [0.3, 0.4) is 0 Å². The average Bonchev–Trinajstić information content (AvgIpc) is 2.38. The van der Waals surface area contributed by atoms with E-state index in [2.05, 4.69) is 10.6 Å². The maximum atomic E-state index is 11.6. The molecule has 1 aromatic rings. The van der Waals surface area contributed by atoms with Gasteiger partial charge in [-0.25, -0.2) is 9.59 Å². The molecule has 0 aliphatic heterocycles. The van der Waals surface area contributed by atoms with Crippen LogP contribution < -0.4 is 10.6 Å². The number of hydrogen-bond donors (Lipinski definition) is 3. The number of benzene rings is 1. The zero-order valence-corrected chi connectivity index (χ0v) is 12.1. The van der Waals surface area contributed by atoms with E-state index in [1.807, 2.05) is 0 Å². The Labute approximate surface area is 126 Å². The molecule has 7 nitrogen and oxygen atoms in total. The van der Waals surface area contributed by atoms with Crippen molar-refractivity contribution in [3.63, 3.8) is 0 Å². The minimum Gasteiger partial charge on any atom is -0.478 e. The second kappa shape index (κ2) is 8.11. The van der Waals surface area contributed by atoms with Crippen molar-refractivity contribution in [1.29, 1.82) is 0 Å². The number of esters is 1. The molecule has 0 saturated carbocycles. The van der Waals surface area contributed by atoms with Crippen molar-refractivity contribution in [2.75, 3.05) is 18.5 Å². The monoisotopic (exact) mass is 314 g/mol. The van der Waals surface area contributed by atoms with Crippen LogP contribution in [0.4, 0.5) is 10.5 Å². The minimum absolute atomic E-state index is 0.0377. The second-order valence-electron chi connectivity index (χ2n) is 3.97. The second-order valence-corrected chi connectivity index (χ2v) is 4.41. The number of hydrogen-bond acceptors (Lipinski definition) is 4. The number of carboxylic acids is 1. The van der Waals surface area contributed by atoms with Crippen LogP contribution in [0.2, 0.25) is 5.02 Å². The van der Waals surface area contributed by atoms with E-state index in [9.17, 15) is 14.4 Å². The SMILES string of the molecule is CCOC(=O)CCNC(=O)Nc1cc(Cl)cc(C(=O)O)c1. The van der Waals surface area contributed by atoms with Crippen LogP contribution in [0.1, 0.15) is 23.7 Å². The summed E-state index contributed by atoms with van der Waals surface area (Å²) in [6.45, 7) is 2.08. The molecule has 0 fully saturated rings. The van der Waals surface area contributed by atoms with E-state index >= 15 is 0 Å². The van der Waals surface area contributed by atoms with Crippen molar-refractivity contribution in [3.05, 3.63) is 28.8 Å². The Morgan fingerprint density at radius 3 is 2.62 bits per heavy atom. The normalized spacial score (nSPS) is 9.81. The molecule has 0 heterocycles. The van der Waals surface area contributed by atoms with E-state index in [-0.39, 0.29) is 35.8 Å². The quantitative estimate of drug-likeness (QED) is 0.697. The predicted octanol–water partition coefficient (Wildman–Crippen LogP) is 2.11. The molecular weight excluding hydrogens is 300 g/mol. The van der Waals surface area contributed by atoms with Gasteiger partial charge < -0.3 is 20.5 Å². The molecule has 0 unspecified atom stereocenters. The molecule has 3 N–H and O–H groups in total. The Hall–Kier alpha value is -2.28. The molecule has 2 amide bonds. The third kappa shape index (κ3) is 6.13. The van der Waals surface area contributed by atoms with Gasteiger partial charge in [-0.2, -0.15) is 0 Å². The Morgan fingerprint density at radius 2 is 2.00 bits per heavy atom. The maximum absolute atomic E-state index is 11.6. The molecule has 0 spiro atoms. The molecule has 21 heavy (non-hydrogen) atoms. The van der Waals surface area contributed by atoms with Gasteiger partial charge in [-0.1, -0.05) is 11.6 Å². The van der Waals surface area contributed by atoms with Crippen LogP contribution in [0.5, 0.6) is 0 Å². The standard InChI is InChI=1S/C13H15ClN2O5/c1-2-21-11(17)3-4-15-13(20)16-10-6-8(12(18)19)5-9(14)7-10/h5-7H,2-4H2,1H3,(H,18,19)(H2,15,16,20). The Morgan fingerprint density at radius 1 is 1.29 bits per heavy atom. The lowest BCUT2D eigenvalue weighted by atomic mass is 10.2. The number of anilines is 1. The number of ether oxygens (including phenoxy) is 1. The lowest BCUT2D eigenvalue weighted by molar-refractivity contribution is -0.142. The van der Waals surface area contributed by atoms with Gasteiger partial charge in [0.1, 0.15) is 0 Å². The summed E-state index contributed by atoms with van der Waals surface area (Å²) in [4.78, 5) is 33.5. The summed E-state index contributed by atoms with van der Waals surface area (Å²) in [5, 5.41) is 14.0. The first-order chi connectivity index (χ1) is 9.92. The summed E-state index contributed by atoms with van der Waals surface area (Å²) in [7, 11) is 0. The summed E-state index contributed by atoms with van der Waals surface area (Å²) >= 11 is 5.76. The van der Waals surface area contributed by atoms with Gasteiger partial charge >= 0.3 is 18.0 Å². The Balaban J connectivity index is 2.51. The zero-order chi connectivity index (χ0) is 15.8. The van der Waals surface area contributed by atoms with E-state index in [4.69, 9.17) is 21.4 Å². The molecule has 114 valence electrons. The van der Waals surface area contributed by atoms with Gasteiger partial charge in [-0.3, -0.25) is 4.79 Å². The number of amides is 2. The van der Waals surface area contributed by atoms with Crippen molar-refractivity contribution in [1.82, 2.24) is 5.32 Å². The van der Waals surface area contributed by atoms with Crippen molar-refractivity contribution in [3.8, 4) is 0 Å². The number of carbonyl (C=O) groups is 3. The lowest BCUT2D eigenvalue weighted by Gasteiger charge is -2.08. The van der Waals surface area contributed by atoms with E-state index < -0.39 is 18.0 Å². The lowest BCUT2D eigenvalue weighted by Crippen LogP contribution is -2.31. The number of rotatable bonds is 6. The van der Waals surface area contributed by atoms with Crippen LogP contribution in [0, 0.1) is 0 Å². The summed E-state index contributed by atoms with van der Waals surface area (Å²) in [5.74, 6) is -1.56. The molecule has 0 bridgehead atoms. The highest BCUT2D eigenvalue weighted by Crippen LogP contribution is 2.19. The van der Waals surface area contributed by atoms with Crippen molar-refractivity contribution in [2.45, 2.75) is 13.3 Å². The number of carbonyl (C=O) groups excluding carboxylic acids is 2. The number of halogens is 1. The first-order valence-corrected chi connectivity index (χ1v) is 6.54. The fourth-order valence-corrected chi connectivity index (χ4v) is 1.71. The van der Waals surface area contributed by atoms with Crippen LogP contribution in [-0.4, -0.2) is 36.2 Å². The molecule has 0 radical (unpaired) electrons. The average molecular weight is 315 g/mol. The smallest absolute Gasteiger partial charge is 0.335 e. The van der Waals surface area contributed by atoms with Gasteiger partial charge in [-0.15, -0.1) is 0 Å². The Kier molecular flexibility index (Phi) is 6.48. The fourth-order valence-electron chi connectivity index (χ4n) is 1.47. The number of nitrogens with one attached hydrogen (secondary N) is 2. The molecule has 1 rings (SSSR count). The molecule has 0 aliphatic rings. The van der Waals surface area contributed by atoms with Gasteiger partial charge in [0.25, 0.3) is 0 Å². The van der Waals surface area contributed by atoms with Crippen molar-refractivity contribution in [2.24, 2.45) is 0 Å². The predicted molar refractivity (Wildman–Crippen MR) is 76.7 cm³/mol. The van der Waals surface area contributed by atoms with Crippen molar-refractivity contribution < 1.29 is 24.2 Å². The Bertz CT molecular complexity index is 547. The van der Waals surface area contributed by atoms with Crippen LogP contribution in [0.25, 0.3) is 0 Å². The molecule has 1 aromatic carbocycles. The molecule has 0 atom stereocenters. The van der Waals surface area contributed by atoms with Gasteiger partial charge in [0.15, 0.2) is 0 Å². The molecule has 0 aromatic heterocycles. The summed E-state index contributed by atoms with van der Waals surface area (Å²) in [5.41, 5.74) is 0.206. The molecule has 0 aliphatic carbocycles. The summed E-state index contributed by atoms with van der Waals surface area (Å²) in [6, 6.07) is 3.39. The molecule has 8 heteroatoms. The first-order valence-electron chi connectivity index (χ1n) is 6.16. The highest BCUT2D eigenvalue weighted by Gasteiger charge is 2.09. The minimum atomic E-state index is -1.15. The first kappa shape index (κ1) is 16.8. The van der Waals surface area contributed by atoms with Crippen molar-refractivity contribution >= 4 is 35.3 Å².